The Hall–Kier alpha value is -3.24. The van der Waals surface area contributed by atoms with Crippen LogP contribution in [0.1, 0.15) is 0 Å². The van der Waals surface area contributed by atoms with Crippen molar-refractivity contribution in [1.29, 1.82) is 4.78 Å². The fourth-order valence-electron chi connectivity index (χ4n) is 4.73. The van der Waals surface area contributed by atoms with Gasteiger partial charge in [-0.2, -0.15) is 0 Å². The highest BCUT2D eigenvalue weighted by Crippen LogP contribution is 2.42. The molecule has 2 saturated heterocycles. The van der Waals surface area contributed by atoms with E-state index in [-0.39, 0.29) is 33.7 Å². The first kappa shape index (κ1) is 23.5. The number of ether oxygens (including phenoxy) is 1. The Bertz CT molecular complexity index is 1400. The van der Waals surface area contributed by atoms with E-state index in [0.29, 0.717) is 30.3 Å². The first-order valence-electron chi connectivity index (χ1n) is 11.7. The van der Waals surface area contributed by atoms with Gasteiger partial charge >= 0.3 is 0 Å². The van der Waals surface area contributed by atoms with Crippen LogP contribution >= 0.6 is 0 Å². The molecule has 2 aliphatic rings. The molecule has 0 bridgehead atoms. The van der Waals surface area contributed by atoms with Gasteiger partial charge in [0.25, 0.3) is 0 Å². The van der Waals surface area contributed by atoms with Gasteiger partial charge in [0, 0.05) is 83.9 Å². The van der Waals surface area contributed by atoms with E-state index in [1.165, 1.54) is 19.2 Å². The minimum atomic E-state index is -2.61. The Kier molecular flexibility index (Phi) is 6.10. The predicted molar refractivity (Wildman–Crippen MR) is 139 cm³/mol. The molecule has 35 heavy (non-hydrogen) atoms. The fraction of sp³-hybridized carbons (Fsp3) is 0.400. The van der Waals surface area contributed by atoms with Gasteiger partial charge in [-0.05, 0) is 31.3 Å². The number of hydrogen-bond acceptors (Lipinski definition) is 9. The minimum Gasteiger partial charge on any atom is -0.507 e. The van der Waals surface area contributed by atoms with Crippen LogP contribution in [-0.4, -0.2) is 79.1 Å². The number of piperazine rings is 1. The molecular weight excluding hydrogens is 468 g/mol. The van der Waals surface area contributed by atoms with E-state index in [1.807, 2.05) is 29.2 Å². The average molecular weight is 499 g/mol. The third kappa shape index (κ3) is 4.55. The van der Waals surface area contributed by atoms with Crippen molar-refractivity contribution in [3.8, 4) is 22.8 Å². The van der Waals surface area contributed by atoms with Gasteiger partial charge in [0.1, 0.15) is 28.3 Å². The molecule has 0 atom stereocenters. The normalized spacial score (nSPS) is 18.7. The minimum absolute atomic E-state index is 0.0794. The van der Waals surface area contributed by atoms with Crippen LogP contribution in [0.5, 0.6) is 11.5 Å². The summed E-state index contributed by atoms with van der Waals surface area (Å²) >= 11 is 0. The number of phenols is 1. The summed E-state index contributed by atoms with van der Waals surface area (Å²) in [5, 5.41) is 10.7. The largest absolute Gasteiger partial charge is 0.507 e. The second-order valence-corrected chi connectivity index (χ2v) is 11.6. The second-order valence-electron chi connectivity index (χ2n) is 9.17. The highest BCUT2D eigenvalue weighted by molar-refractivity contribution is 7.92. The monoisotopic (exact) mass is 498 g/mol. The Morgan fingerprint density at radius 1 is 1.00 bits per heavy atom. The summed E-state index contributed by atoms with van der Waals surface area (Å²) in [5.41, 5.74) is 2.28. The number of aromatic hydroxyl groups is 1. The molecule has 0 radical (unpaired) electrons. The number of nitrogens with one attached hydrogen (secondary N) is 1. The zero-order valence-corrected chi connectivity index (χ0v) is 20.8. The number of rotatable bonds is 4. The zero-order valence-electron chi connectivity index (χ0n) is 20.0. The molecular formula is C25H30N4O5S. The summed E-state index contributed by atoms with van der Waals surface area (Å²) in [4.78, 5) is 19.7. The Balaban J connectivity index is 1.57. The molecule has 186 valence electrons. The molecule has 5 rings (SSSR count). The van der Waals surface area contributed by atoms with Crippen molar-refractivity contribution in [2.45, 2.75) is 0 Å². The number of methoxy groups -OCH3 is 1. The molecule has 0 spiro atoms. The number of fused-ring (bicyclic) bond motifs is 1. The van der Waals surface area contributed by atoms with Crippen molar-refractivity contribution in [3.63, 3.8) is 0 Å². The zero-order chi connectivity index (χ0) is 24.7. The van der Waals surface area contributed by atoms with E-state index in [2.05, 4.69) is 16.8 Å². The van der Waals surface area contributed by atoms with E-state index < -0.39 is 9.73 Å². The summed E-state index contributed by atoms with van der Waals surface area (Å²) in [7, 11) is 0.999. The summed E-state index contributed by atoms with van der Waals surface area (Å²) < 4.78 is 31.9. The van der Waals surface area contributed by atoms with Crippen molar-refractivity contribution in [1.82, 2.24) is 4.90 Å². The fourth-order valence-corrected chi connectivity index (χ4v) is 5.97. The maximum atomic E-state index is 13.1. The Morgan fingerprint density at radius 3 is 2.29 bits per heavy atom. The molecule has 0 amide bonds. The van der Waals surface area contributed by atoms with Gasteiger partial charge in [0.2, 0.25) is 0 Å². The lowest BCUT2D eigenvalue weighted by Gasteiger charge is -2.34. The SMILES string of the molecule is COc1cc(O)c2c(=O)cc(-c3ccc(N4CCN(C)CC4)cc3)oc2c1N1CCS(=N)(=O)CC1. The van der Waals surface area contributed by atoms with E-state index in [4.69, 9.17) is 13.9 Å². The first-order chi connectivity index (χ1) is 16.8. The van der Waals surface area contributed by atoms with Crippen molar-refractivity contribution in [3.05, 3.63) is 46.6 Å². The number of nitrogens with zero attached hydrogens (tertiary/aromatic N) is 3. The maximum absolute atomic E-state index is 13.1. The highest BCUT2D eigenvalue weighted by Gasteiger charge is 2.27. The van der Waals surface area contributed by atoms with Crippen LogP contribution in [0.25, 0.3) is 22.3 Å². The molecule has 0 saturated carbocycles. The van der Waals surface area contributed by atoms with E-state index in [9.17, 15) is 14.1 Å². The van der Waals surface area contributed by atoms with Crippen LogP contribution in [0.3, 0.4) is 0 Å². The molecule has 0 unspecified atom stereocenters. The van der Waals surface area contributed by atoms with Crippen LogP contribution < -0.4 is 20.0 Å². The first-order valence-corrected chi connectivity index (χ1v) is 13.6. The number of hydrogen-bond donors (Lipinski definition) is 2. The van der Waals surface area contributed by atoms with Gasteiger partial charge in [-0.3, -0.25) is 9.57 Å². The van der Waals surface area contributed by atoms with E-state index in [0.717, 1.165) is 37.4 Å². The van der Waals surface area contributed by atoms with Crippen molar-refractivity contribution in [2.75, 3.05) is 74.7 Å². The molecule has 10 heteroatoms. The lowest BCUT2D eigenvalue weighted by atomic mass is 10.1. The number of anilines is 2. The standard InChI is InChI=1S/C25H30N4O5S/c1-27-7-9-28(10-8-27)18-5-3-17(4-6-18)21-15-19(30)23-20(31)16-22(33-2)24(25(23)34-21)29-11-13-35(26,32)14-12-29/h3-6,15-16,26,31H,7-14H2,1-2H3. The smallest absolute Gasteiger partial charge is 0.197 e. The summed E-state index contributed by atoms with van der Waals surface area (Å²) in [5.74, 6) is 0.973. The molecule has 0 aliphatic carbocycles. The quantitative estimate of drug-likeness (QED) is 0.565. The average Bonchev–Trinajstić information content (AvgIpc) is 2.84. The molecule has 2 aliphatic heterocycles. The van der Waals surface area contributed by atoms with Crippen LogP contribution in [0.4, 0.5) is 11.4 Å². The summed E-state index contributed by atoms with van der Waals surface area (Å²) in [6.45, 7) is 4.69. The van der Waals surface area contributed by atoms with Crippen LogP contribution in [-0.2, 0) is 9.73 Å². The van der Waals surface area contributed by atoms with Crippen LogP contribution in [0.2, 0.25) is 0 Å². The molecule has 2 N–H and O–H groups in total. The lowest BCUT2D eigenvalue weighted by molar-refractivity contribution is 0.313. The Morgan fingerprint density at radius 2 is 1.66 bits per heavy atom. The number of likely N-dealkylation sites (N-methyl/N-ethyl adjacent to an activating group) is 1. The van der Waals surface area contributed by atoms with Crippen molar-refractivity contribution in [2.24, 2.45) is 0 Å². The van der Waals surface area contributed by atoms with Gasteiger partial charge in [0.15, 0.2) is 11.0 Å². The number of phenolic OH excluding ortho intramolecular Hbond substituents is 1. The summed E-state index contributed by atoms with van der Waals surface area (Å²) in [6, 6.07) is 10.7. The van der Waals surface area contributed by atoms with Gasteiger partial charge in [-0.1, -0.05) is 0 Å². The third-order valence-electron chi connectivity index (χ3n) is 6.86. The molecule has 3 heterocycles. The molecule has 3 aromatic rings. The van der Waals surface area contributed by atoms with Crippen LogP contribution in [0, 0.1) is 4.78 Å². The molecule has 2 aromatic carbocycles. The van der Waals surface area contributed by atoms with Gasteiger partial charge in [-0.25, -0.2) is 4.21 Å². The van der Waals surface area contributed by atoms with Gasteiger partial charge < -0.3 is 29.0 Å². The predicted octanol–water partition coefficient (Wildman–Crippen LogP) is 2.79. The van der Waals surface area contributed by atoms with Crippen molar-refractivity contribution >= 4 is 32.1 Å². The van der Waals surface area contributed by atoms with Crippen LogP contribution in [0.15, 0.2) is 45.6 Å². The van der Waals surface area contributed by atoms with Gasteiger partial charge in [-0.15, -0.1) is 0 Å². The third-order valence-corrected chi connectivity index (χ3v) is 8.54. The van der Waals surface area contributed by atoms with E-state index in [1.54, 1.807) is 0 Å². The molecule has 1 aromatic heterocycles. The summed E-state index contributed by atoms with van der Waals surface area (Å²) in [6.07, 6.45) is 0. The molecule has 9 nitrogen and oxygen atoms in total. The van der Waals surface area contributed by atoms with E-state index >= 15 is 0 Å². The highest BCUT2D eigenvalue weighted by atomic mass is 32.2. The lowest BCUT2D eigenvalue weighted by Crippen LogP contribution is -2.44. The second kappa shape index (κ2) is 9.09. The maximum Gasteiger partial charge on any atom is 0.197 e. The topological polar surface area (TPSA) is 110 Å². The Labute approximate surface area is 204 Å². The van der Waals surface area contributed by atoms with Crippen molar-refractivity contribution < 1.29 is 18.5 Å². The molecule has 2 fully saturated rings. The number of benzene rings is 2. The van der Waals surface area contributed by atoms with Gasteiger partial charge in [0.05, 0.1) is 7.11 Å².